The van der Waals surface area contributed by atoms with Crippen molar-refractivity contribution >= 4 is 23.7 Å². The number of nitrogens with zero attached hydrogens (tertiary/aromatic N) is 1. The van der Waals surface area contributed by atoms with Crippen LogP contribution in [0.15, 0.2) is 36.8 Å². The van der Waals surface area contributed by atoms with Gasteiger partial charge in [-0.05, 0) is 37.0 Å². The molecule has 8 N–H and O–H groups in total. The highest BCUT2D eigenvalue weighted by Crippen LogP contribution is 2.12. The summed E-state index contributed by atoms with van der Waals surface area (Å²) < 4.78 is 0. The lowest BCUT2D eigenvalue weighted by Gasteiger charge is -2.25. The normalized spacial score (nSPS) is 14.4. The molecule has 0 saturated carbocycles. The number of phenols is 1. The zero-order valence-corrected chi connectivity index (χ0v) is 20.5. The first-order valence-corrected chi connectivity index (χ1v) is 11.6. The fraction of sp³-hybridized carbons (Fsp3) is 0.458. The molecule has 2 aromatic rings. The lowest BCUT2D eigenvalue weighted by atomic mass is 10.0. The van der Waals surface area contributed by atoms with Crippen LogP contribution in [-0.4, -0.2) is 68.0 Å². The van der Waals surface area contributed by atoms with Gasteiger partial charge in [-0.3, -0.25) is 14.4 Å². The Morgan fingerprint density at radius 3 is 2.03 bits per heavy atom. The van der Waals surface area contributed by atoms with Crippen LogP contribution in [0.3, 0.4) is 0 Å². The smallest absolute Gasteiger partial charge is 0.326 e. The van der Waals surface area contributed by atoms with Gasteiger partial charge in [0.1, 0.15) is 23.9 Å². The number of aliphatic carboxylic acids is 1. The van der Waals surface area contributed by atoms with E-state index in [9.17, 15) is 29.4 Å². The van der Waals surface area contributed by atoms with Gasteiger partial charge in [0, 0.05) is 24.7 Å². The van der Waals surface area contributed by atoms with Crippen LogP contribution in [-0.2, 0) is 32.0 Å². The minimum Gasteiger partial charge on any atom is -0.508 e. The van der Waals surface area contributed by atoms with E-state index in [0.717, 1.165) is 0 Å². The topological polar surface area (TPSA) is 200 Å². The Bertz CT molecular complexity index is 1020. The van der Waals surface area contributed by atoms with Crippen molar-refractivity contribution in [1.29, 1.82) is 0 Å². The van der Waals surface area contributed by atoms with E-state index in [1.54, 1.807) is 12.1 Å². The van der Waals surface area contributed by atoms with E-state index < -0.39 is 47.9 Å². The van der Waals surface area contributed by atoms with Gasteiger partial charge in [0.05, 0.1) is 12.4 Å². The minimum absolute atomic E-state index is 0.0127. The predicted molar refractivity (Wildman–Crippen MR) is 131 cm³/mol. The van der Waals surface area contributed by atoms with Gasteiger partial charge >= 0.3 is 5.97 Å². The Kier molecular flexibility index (Phi) is 10.4. The number of phenolic OH excluding ortho intramolecular Hbond substituents is 1. The summed E-state index contributed by atoms with van der Waals surface area (Å²) in [5.74, 6) is -3.00. The number of nitrogens with one attached hydrogen (secondary N) is 4. The van der Waals surface area contributed by atoms with Crippen LogP contribution in [0.1, 0.15) is 38.4 Å². The van der Waals surface area contributed by atoms with Crippen molar-refractivity contribution in [2.45, 2.75) is 64.2 Å². The highest BCUT2D eigenvalue weighted by molar-refractivity contribution is 5.94. The number of imidazole rings is 1. The third-order valence-corrected chi connectivity index (χ3v) is 5.36. The second kappa shape index (κ2) is 13.2. The second-order valence-corrected chi connectivity index (χ2v) is 9.09. The highest BCUT2D eigenvalue weighted by atomic mass is 16.4. The average Bonchev–Trinajstić information content (AvgIpc) is 3.31. The van der Waals surface area contributed by atoms with Gasteiger partial charge in [-0.2, -0.15) is 0 Å². The molecule has 0 radical (unpaired) electrons. The van der Waals surface area contributed by atoms with Gasteiger partial charge in [0.15, 0.2) is 0 Å². The zero-order valence-electron chi connectivity index (χ0n) is 20.5. The quantitative estimate of drug-likeness (QED) is 0.196. The summed E-state index contributed by atoms with van der Waals surface area (Å²) in [5, 5.41) is 26.8. The molecule has 36 heavy (non-hydrogen) atoms. The van der Waals surface area contributed by atoms with E-state index in [1.165, 1.54) is 31.6 Å². The number of hydrogen-bond donors (Lipinski definition) is 7. The standard InChI is InChI=1S/C24H34N6O6/c1-13(2)8-18(28-21(32)14(3)25)22(33)29-19(10-16-11-26-12-27-16)23(34)30-20(24(35)36)9-15-4-6-17(31)7-5-15/h4-7,11-14,18-20,31H,8-10,25H2,1-3H3,(H,26,27)(H,28,32)(H,29,33)(H,30,34)(H,35,36). The molecular weight excluding hydrogens is 468 g/mol. The molecule has 4 unspecified atom stereocenters. The molecule has 0 bridgehead atoms. The Labute approximate surface area is 209 Å². The van der Waals surface area contributed by atoms with Gasteiger partial charge < -0.3 is 36.9 Å². The summed E-state index contributed by atoms with van der Waals surface area (Å²) in [6.07, 6.45) is 3.19. The Hall–Kier alpha value is -3.93. The number of nitrogens with two attached hydrogens (primary N) is 1. The van der Waals surface area contributed by atoms with E-state index in [0.29, 0.717) is 17.7 Å². The monoisotopic (exact) mass is 502 g/mol. The van der Waals surface area contributed by atoms with E-state index >= 15 is 0 Å². The first-order valence-electron chi connectivity index (χ1n) is 11.6. The summed E-state index contributed by atoms with van der Waals surface area (Å²) in [6, 6.07) is 1.75. The highest BCUT2D eigenvalue weighted by Gasteiger charge is 2.31. The molecule has 0 fully saturated rings. The molecular formula is C24H34N6O6. The van der Waals surface area contributed by atoms with Crippen molar-refractivity contribution in [3.05, 3.63) is 48.0 Å². The van der Waals surface area contributed by atoms with Crippen LogP contribution in [0.25, 0.3) is 0 Å². The third kappa shape index (κ3) is 9.02. The first-order chi connectivity index (χ1) is 17.0. The largest absolute Gasteiger partial charge is 0.508 e. The first kappa shape index (κ1) is 28.3. The zero-order chi connectivity index (χ0) is 26.8. The molecule has 0 aliphatic rings. The number of rotatable bonds is 13. The molecule has 2 rings (SSSR count). The Balaban J connectivity index is 2.21. The molecule has 4 atom stereocenters. The molecule has 12 nitrogen and oxygen atoms in total. The van der Waals surface area contributed by atoms with Crippen molar-refractivity contribution in [2.75, 3.05) is 0 Å². The number of carboxylic acid groups (broad SMARTS) is 1. The molecule has 12 heteroatoms. The van der Waals surface area contributed by atoms with Crippen molar-refractivity contribution in [3.8, 4) is 5.75 Å². The lowest BCUT2D eigenvalue weighted by molar-refractivity contribution is -0.142. The van der Waals surface area contributed by atoms with Crippen LogP contribution in [0.2, 0.25) is 0 Å². The SMILES string of the molecule is CC(C)CC(NC(=O)C(C)N)C(=O)NC(Cc1cnc[nH]1)C(=O)NC(Cc1ccc(O)cc1)C(=O)O. The number of carboxylic acids is 1. The Morgan fingerprint density at radius 1 is 0.917 bits per heavy atom. The fourth-order valence-electron chi connectivity index (χ4n) is 3.44. The Morgan fingerprint density at radius 2 is 1.50 bits per heavy atom. The van der Waals surface area contributed by atoms with E-state index in [4.69, 9.17) is 5.73 Å². The number of aromatic nitrogens is 2. The van der Waals surface area contributed by atoms with Crippen molar-refractivity contribution in [2.24, 2.45) is 11.7 Å². The van der Waals surface area contributed by atoms with E-state index in [1.807, 2.05) is 13.8 Å². The van der Waals surface area contributed by atoms with Crippen LogP contribution in [0.5, 0.6) is 5.75 Å². The lowest BCUT2D eigenvalue weighted by Crippen LogP contribution is -2.57. The summed E-state index contributed by atoms with van der Waals surface area (Å²) in [4.78, 5) is 57.0. The third-order valence-electron chi connectivity index (χ3n) is 5.36. The summed E-state index contributed by atoms with van der Waals surface area (Å²) in [5.41, 5.74) is 6.75. The molecule has 1 aromatic carbocycles. The molecule has 0 aliphatic carbocycles. The number of carbonyl (C=O) groups excluding carboxylic acids is 3. The van der Waals surface area contributed by atoms with Gasteiger partial charge in [-0.25, -0.2) is 9.78 Å². The number of carbonyl (C=O) groups is 4. The number of H-pyrrole nitrogens is 1. The van der Waals surface area contributed by atoms with Crippen LogP contribution in [0.4, 0.5) is 0 Å². The number of aromatic hydroxyl groups is 1. The van der Waals surface area contributed by atoms with Gasteiger partial charge in [-0.1, -0.05) is 26.0 Å². The summed E-state index contributed by atoms with van der Waals surface area (Å²) >= 11 is 0. The maximum absolute atomic E-state index is 13.2. The van der Waals surface area contributed by atoms with Crippen LogP contribution in [0, 0.1) is 5.92 Å². The molecule has 0 aliphatic heterocycles. The molecule has 1 heterocycles. The van der Waals surface area contributed by atoms with E-state index in [-0.39, 0.29) is 24.5 Å². The summed E-state index contributed by atoms with van der Waals surface area (Å²) in [6.45, 7) is 5.26. The molecule has 3 amide bonds. The number of benzene rings is 1. The predicted octanol–water partition coefficient (Wildman–Crippen LogP) is -0.167. The van der Waals surface area contributed by atoms with Crippen molar-refractivity contribution in [1.82, 2.24) is 25.9 Å². The average molecular weight is 503 g/mol. The molecule has 0 spiro atoms. The number of amides is 3. The van der Waals surface area contributed by atoms with Gasteiger partial charge in [-0.15, -0.1) is 0 Å². The number of hydrogen-bond acceptors (Lipinski definition) is 7. The second-order valence-electron chi connectivity index (χ2n) is 9.09. The number of aromatic amines is 1. The van der Waals surface area contributed by atoms with E-state index in [2.05, 4.69) is 25.9 Å². The molecule has 196 valence electrons. The van der Waals surface area contributed by atoms with Crippen LogP contribution >= 0.6 is 0 Å². The molecule has 0 saturated heterocycles. The van der Waals surface area contributed by atoms with Crippen molar-refractivity contribution in [3.63, 3.8) is 0 Å². The fourth-order valence-corrected chi connectivity index (χ4v) is 3.44. The maximum atomic E-state index is 13.2. The summed E-state index contributed by atoms with van der Waals surface area (Å²) in [7, 11) is 0. The van der Waals surface area contributed by atoms with Crippen LogP contribution < -0.4 is 21.7 Å². The van der Waals surface area contributed by atoms with Gasteiger partial charge in [0.2, 0.25) is 17.7 Å². The van der Waals surface area contributed by atoms with Crippen molar-refractivity contribution < 1.29 is 29.4 Å². The molecule has 1 aromatic heterocycles. The maximum Gasteiger partial charge on any atom is 0.326 e. The van der Waals surface area contributed by atoms with Gasteiger partial charge in [0.25, 0.3) is 0 Å². The minimum atomic E-state index is -1.28.